The molecule has 1 heterocycles. The maximum Gasteiger partial charge on any atom is 0.240 e. The van der Waals surface area contributed by atoms with E-state index in [1.165, 1.54) is 0 Å². The molecule has 1 fully saturated rings. The molecule has 1 amide bonds. The zero-order valence-corrected chi connectivity index (χ0v) is 12.6. The Hall–Kier alpha value is -1.07. The van der Waals surface area contributed by atoms with Gasteiger partial charge < -0.3 is 11.1 Å². The second kappa shape index (κ2) is 5.92. The summed E-state index contributed by atoms with van der Waals surface area (Å²) < 4.78 is 1.81. The molecule has 2 rings (SSSR count). The first-order chi connectivity index (χ1) is 8.44. The molecule has 1 atom stereocenters. The molecule has 6 heteroatoms. The van der Waals surface area contributed by atoms with Gasteiger partial charge in [-0.1, -0.05) is 12.8 Å². The van der Waals surface area contributed by atoms with Crippen LogP contribution in [0.1, 0.15) is 49.9 Å². The highest BCUT2D eigenvalue weighted by Gasteiger charge is 2.37. The van der Waals surface area contributed by atoms with Crippen molar-refractivity contribution < 1.29 is 4.79 Å². The van der Waals surface area contributed by atoms with Gasteiger partial charge in [-0.3, -0.25) is 9.48 Å². The van der Waals surface area contributed by atoms with Gasteiger partial charge in [0.2, 0.25) is 5.91 Å². The van der Waals surface area contributed by atoms with E-state index in [-0.39, 0.29) is 24.4 Å². The summed E-state index contributed by atoms with van der Waals surface area (Å²) in [5.41, 5.74) is 7.60. The van der Waals surface area contributed by atoms with Gasteiger partial charge in [0.15, 0.2) is 0 Å². The van der Waals surface area contributed by atoms with Crippen LogP contribution in [0, 0.1) is 6.92 Å². The van der Waals surface area contributed by atoms with E-state index in [0.29, 0.717) is 0 Å². The molecule has 0 spiro atoms. The fourth-order valence-electron chi connectivity index (χ4n) is 2.59. The molecule has 1 aliphatic rings. The molecule has 19 heavy (non-hydrogen) atoms. The summed E-state index contributed by atoms with van der Waals surface area (Å²) in [6, 6.07) is -0.0489. The Labute approximate surface area is 120 Å². The van der Waals surface area contributed by atoms with Crippen molar-refractivity contribution in [2.45, 2.75) is 51.1 Å². The smallest absolute Gasteiger partial charge is 0.240 e. The van der Waals surface area contributed by atoms with Gasteiger partial charge >= 0.3 is 0 Å². The van der Waals surface area contributed by atoms with E-state index in [9.17, 15) is 4.79 Å². The number of carbonyl (C=O) groups excluding carboxylic acids is 1. The molecule has 0 radical (unpaired) electrons. The minimum Gasteiger partial charge on any atom is -0.348 e. The quantitative estimate of drug-likeness (QED) is 0.886. The van der Waals surface area contributed by atoms with Crippen LogP contribution in [0.4, 0.5) is 0 Å². The zero-order valence-electron chi connectivity index (χ0n) is 11.8. The number of hydrogen-bond donors (Lipinski definition) is 2. The van der Waals surface area contributed by atoms with Gasteiger partial charge in [-0.05, 0) is 26.7 Å². The SMILES string of the molecule is Cc1c(C(C)NC(=O)C2(N)CCCC2)cnn1C.Cl. The van der Waals surface area contributed by atoms with E-state index in [1.807, 2.05) is 25.6 Å². The van der Waals surface area contributed by atoms with Crippen molar-refractivity contribution in [2.24, 2.45) is 12.8 Å². The molecule has 0 aromatic carbocycles. The lowest BCUT2D eigenvalue weighted by molar-refractivity contribution is -0.126. The number of hydrogen-bond acceptors (Lipinski definition) is 3. The van der Waals surface area contributed by atoms with Gasteiger partial charge in [0, 0.05) is 18.3 Å². The Bertz CT molecular complexity index is 451. The van der Waals surface area contributed by atoms with Gasteiger partial charge in [-0.15, -0.1) is 12.4 Å². The van der Waals surface area contributed by atoms with Crippen LogP contribution >= 0.6 is 12.4 Å². The minimum absolute atomic E-state index is 0. The Morgan fingerprint density at radius 2 is 2.11 bits per heavy atom. The van der Waals surface area contributed by atoms with Crippen molar-refractivity contribution in [3.05, 3.63) is 17.5 Å². The van der Waals surface area contributed by atoms with E-state index < -0.39 is 5.54 Å². The van der Waals surface area contributed by atoms with Gasteiger partial charge in [0.1, 0.15) is 0 Å². The van der Waals surface area contributed by atoms with E-state index >= 15 is 0 Å². The fraction of sp³-hybridized carbons (Fsp3) is 0.692. The number of carbonyl (C=O) groups is 1. The third kappa shape index (κ3) is 3.09. The highest BCUT2D eigenvalue weighted by Crippen LogP contribution is 2.28. The van der Waals surface area contributed by atoms with Crippen LogP contribution in [0.15, 0.2) is 6.20 Å². The molecule has 0 aliphatic heterocycles. The van der Waals surface area contributed by atoms with Crippen LogP contribution in [0.25, 0.3) is 0 Å². The second-order valence-electron chi connectivity index (χ2n) is 5.37. The summed E-state index contributed by atoms with van der Waals surface area (Å²) in [6.07, 6.45) is 5.47. The molecule has 1 aliphatic carbocycles. The van der Waals surface area contributed by atoms with E-state index in [2.05, 4.69) is 10.4 Å². The van der Waals surface area contributed by atoms with Crippen LogP contribution in [0.3, 0.4) is 0 Å². The third-order valence-corrected chi connectivity index (χ3v) is 4.04. The topological polar surface area (TPSA) is 72.9 Å². The summed E-state index contributed by atoms with van der Waals surface area (Å²) >= 11 is 0. The Balaban J connectivity index is 0.00000180. The van der Waals surface area contributed by atoms with Crippen LogP contribution in [-0.2, 0) is 11.8 Å². The monoisotopic (exact) mass is 286 g/mol. The Morgan fingerprint density at radius 3 is 2.58 bits per heavy atom. The van der Waals surface area contributed by atoms with Gasteiger partial charge in [0.25, 0.3) is 0 Å². The van der Waals surface area contributed by atoms with Crippen LogP contribution in [-0.4, -0.2) is 21.2 Å². The maximum atomic E-state index is 12.2. The van der Waals surface area contributed by atoms with Crippen LogP contribution < -0.4 is 11.1 Å². The standard InChI is InChI=1S/C13H22N4O.ClH/c1-9(11-8-15-17(3)10(11)2)16-12(18)13(14)6-4-5-7-13;/h8-9H,4-7,14H2,1-3H3,(H,16,18);1H. The summed E-state index contributed by atoms with van der Waals surface area (Å²) in [6.45, 7) is 3.97. The number of rotatable bonds is 3. The van der Waals surface area contributed by atoms with Gasteiger partial charge in [-0.25, -0.2) is 0 Å². The number of aryl methyl sites for hydroxylation is 1. The van der Waals surface area contributed by atoms with Crippen molar-refractivity contribution in [1.82, 2.24) is 15.1 Å². The van der Waals surface area contributed by atoms with Crippen LogP contribution in [0.5, 0.6) is 0 Å². The van der Waals surface area contributed by atoms with Crippen molar-refractivity contribution >= 4 is 18.3 Å². The highest BCUT2D eigenvalue weighted by molar-refractivity contribution is 5.86. The van der Waals surface area contributed by atoms with E-state index in [4.69, 9.17) is 5.73 Å². The largest absolute Gasteiger partial charge is 0.348 e. The number of halogens is 1. The van der Waals surface area contributed by atoms with Crippen molar-refractivity contribution in [2.75, 3.05) is 0 Å². The molecule has 1 aromatic heterocycles. The van der Waals surface area contributed by atoms with Gasteiger partial charge in [-0.2, -0.15) is 5.10 Å². The average Bonchev–Trinajstić information content (AvgIpc) is 2.89. The molecule has 0 saturated heterocycles. The molecule has 1 unspecified atom stereocenters. The van der Waals surface area contributed by atoms with Gasteiger partial charge in [0.05, 0.1) is 17.8 Å². The fourth-order valence-corrected chi connectivity index (χ4v) is 2.59. The normalized spacial score (nSPS) is 18.7. The summed E-state index contributed by atoms with van der Waals surface area (Å²) in [5, 5.41) is 7.21. The first-order valence-electron chi connectivity index (χ1n) is 6.52. The molecular formula is C13H23ClN4O. The molecular weight excluding hydrogens is 264 g/mol. The predicted octanol–water partition coefficient (Wildman–Crippen LogP) is 1.60. The number of nitrogens with zero attached hydrogens (tertiary/aromatic N) is 2. The van der Waals surface area contributed by atoms with Crippen LogP contribution in [0.2, 0.25) is 0 Å². The molecule has 5 nitrogen and oxygen atoms in total. The minimum atomic E-state index is -0.662. The molecule has 0 bridgehead atoms. The molecule has 108 valence electrons. The number of amides is 1. The summed E-state index contributed by atoms with van der Waals surface area (Å²) in [7, 11) is 1.90. The maximum absolute atomic E-state index is 12.2. The first kappa shape index (κ1) is 16.0. The highest BCUT2D eigenvalue weighted by atomic mass is 35.5. The molecule has 1 saturated carbocycles. The lowest BCUT2D eigenvalue weighted by Crippen LogP contribution is -2.52. The number of nitrogens with one attached hydrogen (secondary N) is 1. The Kier molecular flexibility index (Phi) is 4.98. The third-order valence-electron chi connectivity index (χ3n) is 4.04. The Morgan fingerprint density at radius 1 is 1.53 bits per heavy atom. The van der Waals surface area contributed by atoms with Crippen molar-refractivity contribution in [3.8, 4) is 0 Å². The number of nitrogens with two attached hydrogens (primary N) is 1. The average molecular weight is 287 g/mol. The summed E-state index contributed by atoms with van der Waals surface area (Å²) in [5.74, 6) is -0.0317. The zero-order chi connectivity index (χ0) is 13.3. The van der Waals surface area contributed by atoms with Crippen molar-refractivity contribution in [3.63, 3.8) is 0 Å². The van der Waals surface area contributed by atoms with Crippen molar-refractivity contribution in [1.29, 1.82) is 0 Å². The van der Waals surface area contributed by atoms with E-state index in [0.717, 1.165) is 36.9 Å². The summed E-state index contributed by atoms with van der Waals surface area (Å²) in [4.78, 5) is 12.2. The number of aromatic nitrogens is 2. The lowest BCUT2D eigenvalue weighted by Gasteiger charge is -2.25. The molecule has 3 N–H and O–H groups in total. The van der Waals surface area contributed by atoms with E-state index in [1.54, 1.807) is 6.20 Å². The second-order valence-corrected chi connectivity index (χ2v) is 5.37. The first-order valence-corrected chi connectivity index (χ1v) is 6.52. The lowest BCUT2D eigenvalue weighted by atomic mass is 9.97. The predicted molar refractivity (Wildman–Crippen MR) is 77.1 cm³/mol. The molecule has 1 aromatic rings.